The maximum atomic E-state index is 13.8. The predicted molar refractivity (Wildman–Crippen MR) is 116 cm³/mol. The summed E-state index contributed by atoms with van der Waals surface area (Å²) in [5, 5.41) is 11.3. The number of allylic oxidation sites excluding steroid dienone is 2. The van der Waals surface area contributed by atoms with E-state index in [0.717, 1.165) is 18.4 Å². The van der Waals surface area contributed by atoms with Crippen molar-refractivity contribution < 1.29 is 19.0 Å². The quantitative estimate of drug-likeness (QED) is 0.563. The minimum atomic E-state index is -0.561. The van der Waals surface area contributed by atoms with Crippen molar-refractivity contribution in [2.24, 2.45) is 16.7 Å². The molecule has 0 heterocycles. The van der Waals surface area contributed by atoms with E-state index < -0.39 is 11.2 Å². The Morgan fingerprint density at radius 3 is 2.50 bits per heavy atom. The second-order valence-electron chi connectivity index (χ2n) is 9.08. The van der Waals surface area contributed by atoms with Crippen LogP contribution >= 0.6 is 11.6 Å². The third-order valence-electron chi connectivity index (χ3n) is 7.41. The predicted octanol–water partition coefficient (Wildman–Crippen LogP) is 7.13. The summed E-state index contributed by atoms with van der Waals surface area (Å²) < 4.78 is 19.6. The average Bonchev–Trinajstić information content (AvgIpc) is 2.88. The number of aliphatic hydroxyl groups is 1. The van der Waals surface area contributed by atoms with E-state index in [0.29, 0.717) is 29.1 Å². The zero-order chi connectivity index (χ0) is 21.8. The van der Waals surface area contributed by atoms with Crippen LogP contribution in [0, 0.1) is 22.6 Å². The van der Waals surface area contributed by atoms with Crippen LogP contribution in [0.2, 0.25) is 5.02 Å². The normalized spacial score (nSPS) is 25.0. The lowest BCUT2D eigenvalue weighted by atomic mass is 9.58. The van der Waals surface area contributed by atoms with Crippen LogP contribution in [-0.2, 0) is 11.2 Å². The second kappa shape index (κ2) is 7.12. The Kier molecular flexibility index (Phi) is 4.97. The van der Waals surface area contributed by atoms with E-state index >= 15 is 0 Å². The Morgan fingerprint density at radius 2 is 1.83 bits per heavy atom. The summed E-state index contributed by atoms with van der Waals surface area (Å²) in [6.07, 6.45) is 2.27. The zero-order valence-corrected chi connectivity index (χ0v) is 18.4. The van der Waals surface area contributed by atoms with Gasteiger partial charge in [-0.05, 0) is 60.1 Å². The summed E-state index contributed by atoms with van der Waals surface area (Å²) in [6, 6.07) is 9.71. The molecule has 2 aromatic rings. The summed E-state index contributed by atoms with van der Waals surface area (Å²) in [4.78, 5) is 13.4. The van der Waals surface area contributed by atoms with Gasteiger partial charge in [0.15, 0.2) is 5.78 Å². The molecule has 1 fully saturated rings. The number of ether oxygens (including phenoxy) is 1. The highest BCUT2D eigenvalue weighted by molar-refractivity contribution is 6.30. The maximum absolute atomic E-state index is 13.8. The average molecular weight is 429 g/mol. The molecule has 2 aliphatic carbocycles. The van der Waals surface area contributed by atoms with Gasteiger partial charge in [-0.15, -0.1) is 0 Å². The van der Waals surface area contributed by atoms with Crippen molar-refractivity contribution in [1.82, 2.24) is 0 Å². The summed E-state index contributed by atoms with van der Waals surface area (Å²) in [6.45, 7) is 8.21. The number of halogens is 2. The van der Waals surface area contributed by atoms with E-state index in [1.165, 1.54) is 12.1 Å². The number of rotatable bonds is 4. The molecule has 2 aromatic carbocycles. The molecule has 3 nitrogen and oxygen atoms in total. The van der Waals surface area contributed by atoms with Gasteiger partial charge >= 0.3 is 0 Å². The smallest absolute Gasteiger partial charge is 0.170 e. The van der Waals surface area contributed by atoms with Crippen molar-refractivity contribution in [2.75, 3.05) is 0 Å². The number of ketones is 1. The van der Waals surface area contributed by atoms with Crippen LogP contribution in [-0.4, -0.2) is 10.9 Å². The standard InChI is InChI=1S/C25H26ClFO3/c1-5-14-6-7-15(30-16-8-9-19(26)20(27)13-16)12-17(14)21-22(28)18-10-11-25(4,23(21)29)24(18,2)3/h6-9,12-13,18,29H,5,10-11H2,1-4H3/t18-,25-/m1/s1. The molecule has 5 heteroatoms. The van der Waals surface area contributed by atoms with Gasteiger partial charge in [0, 0.05) is 17.4 Å². The Balaban J connectivity index is 1.81. The molecule has 1 saturated carbocycles. The number of Topliss-reactive ketones (excluding diaryl/α,β-unsaturated/α-hetero) is 1. The van der Waals surface area contributed by atoms with Crippen molar-refractivity contribution in [1.29, 1.82) is 0 Å². The topological polar surface area (TPSA) is 46.5 Å². The summed E-state index contributed by atoms with van der Waals surface area (Å²) in [5.74, 6) is 0.280. The minimum Gasteiger partial charge on any atom is -0.511 e. The molecular formula is C25H26ClFO3. The van der Waals surface area contributed by atoms with Gasteiger partial charge in [0.1, 0.15) is 23.1 Å². The van der Waals surface area contributed by atoms with Crippen LogP contribution in [0.5, 0.6) is 11.5 Å². The first-order valence-electron chi connectivity index (χ1n) is 10.3. The first-order chi connectivity index (χ1) is 14.1. The molecule has 2 atom stereocenters. The lowest BCUT2D eigenvalue weighted by Gasteiger charge is -2.45. The fourth-order valence-corrected chi connectivity index (χ4v) is 5.16. The molecule has 0 radical (unpaired) electrons. The maximum Gasteiger partial charge on any atom is 0.170 e. The van der Waals surface area contributed by atoms with Gasteiger partial charge in [0.25, 0.3) is 0 Å². The van der Waals surface area contributed by atoms with E-state index in [9.17, 15) is 14.3 Å². The lowest BCUT2D eigenvalue weighted by molar-refractivity contribution is -0.122. The van der Waals surface area contributed by atoms with E-state index in [-0.39, 0.29) is 27.9 Å². The second-order valence-corrected chi connectivity index (χ2v) is 9.49. The molecule has 158 valence electrons. The van der Waals surface area contributed by atoms with Gasteiger partial charge in [0.05, 0.1) is 10.6 Å². The molecule has 30 heavy (non-hydrogen) atoms. The molecular weight excluding hydrogens is 403 g/mol. The van der Waals surface area contributed by atoms with Crippen molar-refractivity contribution in [2.45, 2.75) is 47.0 Å². The fourth-order valence-electron chi connectivity index (χ4n) is 5.05. The van der Waals surface area contributed by atoms with Gasteiger partial charge in [-0.1, -0.05) is 45.4 Å². The number of aliphatic hydroxyl groups excluding tert-OH is 1. The van der Waals surface area contributed by atoms with Gasteiger partial charge in [-0.25, -0.2) is 4.39 Å². The highest BCUT2D eigenvalue weighted by Gasteiger charge is 2.61. The van der Waals surface area contributed by atoms with E-state index in [1.807, 2.05) is 13.0 Å². The largest absolute Gasteiger partial charge is 0.511 e. The SMILES string of the molecule is CCc1ccc(Oc2ccc(Cl)c(F)c2)cc1C1=C(O)[C@@]2(C)CC[C@H](C1=O)C2(C)C. The van der Waals surface area contributed by atoms with Crippen molar-refractivity contribution >= 4 is 23.0 Å². The van der Waals surface area contributed by atoms with Crippen LogP contribution < -0.4 is 4.74 Å². The monoisotopic (exact) mass is 428 g/mol. The first kappa shape index (κ1) is 20.9. The third-order valence-corrected chi connectivity index (χ3v) is 7.71. The number of fused-ring (bicyclic) bond motifs is 2. The van der Waals surface area contributed by atoms with Crippen LogP contribution in [0.25, 0.3) is 5.57 Å². The molecule has 4 rings (SSSR count). The molecule has 0 amide bonds. The van der Waals surface area contributed by atoms with Gasteiger partial charge < -0.3 is 9.84 Å². The molecule has 0 aromatic heterocycles. The number of carbonyl (C=O) groups is 1. The van der Waals surface area contributed by atoms with Crippen molar-refractivity contribution in [3.63, 3.8) is 0 Å². The molecule has 0 aliphatic heterocycles. The number of carbonyl (C=O) groups excluding carboxylic acids is 1. The van der Waals surface area contributed by atoms with Crippen LogP contribution in [0.15, 0.2) is 42.2 Å². The van der Waals surface area contributed by atoms with Crippen LogP contribution in [0.4, 0.5) is 4.39 Å². The van der Waals surface area contributed by atoms with Gasteiger partial charge in [-0.3, -0.25) is 4.79 Å². The third kappa shape index (κ3) is 2.96. The van der Waals surface area contributed by atoms with E-state index in [1.54, 1.807) is 18.2 Å². The minimum absolute atomic E-state index is 0.00291. The Labute approximate surface area is 181 Å². The first-order valence-corrected chi connectivity index (χ1v) is 10.7. The molecule has 2 aliphatic rings. The zero-order valence-electron chi connectivity index (χ0n) is 17.7. The van der Waals surface area contributed by atoms with E-state index in [4.69, 9.17) is 16.3 Å². The molecule has 0 unspecified atom stereocenters. The van der Waals surface area contributed by atoms with Crippen molar-refractivity contribution in [3.05, 3.63) is 64.1 Å². The number of hydrogen-bond donors (Lipinski definition) is 1. The molecule has 0 spiro atoms. The van der Waals surface area contributed by atoms with E-state index in [2.05, 4.69) is 20.8 Å². The fraction of sp³-hybridized carbons (Fsp3) is 0.400. The number of hydrogen-bond acceptors (Lipinski definition) is 3. The molecule has 2 bridgehead atoms. The lowest BCUT2D eigenvalue weighted by Crippen LogP contribution is -2.43. The van der Waals surface area contributed by atoms with Crippen LogP contribution in [0.3, 0.4) is 0 Å². The Hall–Kier alpha value is -2.33. The Bertz CT molecular complexity index is 1070. The summed E-state index contributed by atoms with van der Waals surface area (Å²) in [7, 11) is 0. The highest BCUT2D eigenvalue weighted by atomic mass is 35.5. The van der Waals surface area contributed by atoms with Crippen LogP contribution in [0.1, 0.15) is 51.7 Å². The summed E-state index contributed by atoms with van der Waals surface area (Å²) in [5.41, 5.74) is 1.33. The molecule has 1 N–H and O–H groups in total. The highest BCUT2D eigenvalue weighted by Crippen LogP contribution is 2.64. The van der Waals surface area contributed by atoms with Crippen molar-refractivity contribution in [3.8, 4) is 11.5 Å². The Morgan fingerprint density at radius 1 is 1.17 bits per heavy atom. The number of benzene rings is 2. The van der Waals surface area contributed by atoms with Gasteiger partial charge in [-0.2, -0.15) is 0 Å². The summed E-state index contributed by atoms with van der Waals surface area (Å²) >= 11 is 5.75. The number of aryl methyl sites for hydroxylation is 1. The van der Waals surface area contributed by atoms with Gasteiger partial charge in [0.2, 0.25) is 0 Å². The molecule has 0 saturated heterocycles.